The monoisotopic (exact) mass is 450 g/mol. The van der Waals surface area contributed by atoms with Crippen molar-refractivity contribution < 1.29 is 22.7 Å². The van der Waals surface area contributed by atoms with E-state index in [0.29, 0.717) is 18.8 Å². The van der Waals surface area contributed by atoms with Crippen molar-refractivity contribution >= 4 is 33.4 Å². The van der Waals surface area contributed by atoms with Crippen molar-refractivity contribution in [3.05, 3.63) is 42.5 Å². The summed E-state index contributed by atoms with van der Waals surface area (Å²) in [6, 6.07) is 12.1. The third-order valence-corrected chi connectivity index (χ3v) is 7.74. The second-order valence-corrected chi connectivity index (χ2v) is 9.80. The first-order valence-electron chi connectivity index (χ1n) is 9.69. The number of nitrogens with zero attached hydrogens (tertiary/aromatic N) is 1. The van der Waals surface area contributed by atoms with Gasteiger partial charge in [0.15, 0.2) is 0 Å². The summed E-state index contributed by atoms with van der Waals surface area (Å²) in [7, 11) is -0.645. The van der Waals surface area contributed by atoms with E-state index in [9.17, 15) is 13.2 Å². The number of piperidine rings is 1. The maximum atomic E-state index is 13.1. The van der Waals surface area contributed by atoms with Gasteiger partial charge >= 0.3 is 0 Å². The molecule has 1 N–H and O–H groups in total. The van der Waals surface area contributed by atoms with Gasteiger partial charge in [0, 0.05) is 23.7 Å². The van der Waals surface area contributed by atoms with E-state index in [4.69, 9.17) is 9.47 Å². The zero-order valence-corrected chi connectivity index (χ0v) is 18.7. The summed E-state index contributed by atoms with van der Waals surface area (Å²) in [5.74, 6) is 1.00. The van der Waals surface area contributed by atoms with Crippen LogP contribution in [0.2, 0.25) is 0 Å². The standard InChI is InChI=1S/C21H26N2O5S2/c1-27-17-7-9-18(10-8-17)29-15-21(24)22-16-6-11-19(28-2)20(14-16)30(25,26)23-12-4-3-5-13-23/h6-11,14H,3-5,12-13,15H2,1-2H3,(H,22,24). The van der Waals surface area contributed by atoms with Gasteiger partial charge in [-0.25, -0.2) is 8.42 Å². The van der Waals surface area contributed by atoms with Crippen molar-refractivity contribution in [2.45, 2.75) is 29.1 Å². The number of amides is 1. The molecule has 0 saturated carbocycles. The Balaban J connectivity index is 1.69. The molecule has 1 aliphatic heterocycles. The van der Waals surface area contributed by atoms with Crippen LogP contribution in [0.1, 0.15) is 19.3 Å². The largest absolute Gasteiger partial charge is 0.497 e. The molecule has 9 heteroatoms. The predicted molar refractivity (Wildman–Crippen MR) is 118 cm³/mol. The molecule has 0 radical (unpaired) electrons. The minimum atomic E-state index is -3.69. The van der Waals surface area contributed by atoms with E-state index in [1.165, 1.54) is 29.2 Å². The third-order valence-electron chi connectivity index (χ3n) is 4.81. The first-order chi connectivity index (χ1) is 14.4. The molecule has 1 saturated heterocycles. The molecule has 2 aromatic rings. The minimum Gasteiger partial charge on any atom is -0.497 e. The average molecular weight is 451 g/mol. The molecule has 7 nitrogen and oxygen atoms in total. The lowest BCUT2D eigenvalue weighted by molar-refractivity contribution is -0.113. The van der Waals surface area contributed by atoms with Crippen LogP contribution in [0.25, 0.3) is 0 Å². The molecular weight excluding hydrogens is 424 g/mol. The van der Waals surface area contributed by atoms with E-state index in [1.807, 2.05) is 24.3 Å². The lowest BCUT2D eigenvalue weighted by atomic mass is 10.2. The average Bonchev–Trinajstić information content (AvgIpc) is 2.78. The fourth-order valence-corrected chi connectivity index (χ4v) is 5.62. The van der Waals surface area contributed by atoms with E-state index >= 15 is 0 Å². The highest BCUT2D eigenvalue weighted by molar-refractivity contribution is 8.00. The van der Waals surface area contributed by atoms with Gasteiger partial charge < -0.3 is 14.8 Å². The highest BCUT2D eigenvalue weighted by atomic mass is 32.2. The number of carbonyl (C=O) groups excluding carboxylic acids is 1. The fraction of sp³-hybridized carbons (Fsp3) is 0.381. The first-order valence-corrected chi connectivity index (χ1v) is 12.1. The molecule has 162 valence electrons. The van der Waals surface area contributed by atoms with Crippen molar-refractivity contribution in [3.63, 3.8) is 0 Å². The van der Waals surface area contributed by atoms with Crippen LogP contribution in [0.5, 0.6) is 11.5 Å². The Bertz CT molecular complexity index is 971. The molecule has 3 rings (SSSR count). The number of anilines is 1. The van der Waals surface area contributed by atoms with Crippen molar-refractivity contribution in [3.8, 4) is 11.5 Å². The minimum absolute atomic E-state index is 0.0764. The first kappa shape index (κ1) is 22.5. The summed E-state index contributed by atoms with van der Waals surface area (Å²) in [5, 5.41) is 2.78. The SMILES string of the molecule is COc1ccc(SCC(=O)Nc2ccc(OC)c(S(=O)(=O)N3CCCCC3)c2)cc1. The zero-order valence-electron chi connectivity index (χ0n) is 17.1. The zero-order chi connectivity index (χ0) is 21.6. The molecule has 0 bridgehead atoms. The Morgan fingerprint density at radius 1 is 1.03 bits per heavy atom. The van der Waals surface area contributed by atoms with Crippen LogP contribution in [0.15, 0.2) is 52.3 Å². The molecule has 0 atom stereocenters. The quantitative estimate of drug-likeness (QED) is 0.619. The van der Waals surface area contributed by atoms with E-state index in [-0.39, 0.29) is 22.3 Å². The Kier molecular flexibility index (Phi) is 7.63. The van der Waals surface area contributed by atoms with Crippen molar-refractivity contribution in [2.75, 3.05) is 38.4 Å². The number of rotatable bonds is 8. The maximum Gasteiger partial charge on any atom is 0.246 e. The van der Waals surface area contributed by atoms with Crippen LogP contribution in [-0.4, -0.2) is 51.7 Å². The van der Waals surface area contributed by atoms with E-state index in [0.717, 1.165) is 29.9 Å². The molecule has 1 heterocycles. The molecular formula is C21H26N2O5S2. The molecule has 1 fully saturated rings. The van der Waals surface area contributed by atoms with Gasteiger partial charge in [-0.2, -0.15) is 4.31 Å². The van der Waals surface area contributed by atoms with Crippen LogP contribution in [0, 0.1) is 0 Å². The van der Waals surface area contributed by atoms with Gasteiger partial charge in [0.2, 0.25) is 15.9 Å². The number of benzene rings is 2. The van der Waals surface area contributed by atoms with Crippen LogP contribution in [0.4, 0.5) is 5.69 Å². The number of sulfonamides is 1. The summed E-state index contributed by atoms with van der Waals surface area (Å²) >= 11 is 1.39. The van der Waals surface area contributed by atoms with Gasteiger partial charge in [-0.15, -0.1) is 11.8 Å². The van der Waals surface area contributed by atoms with E-state index < -0.39 is 10.0 Å². The number of ether oxygens (including phenoxy) is 2. The molecule has 2 aromatic carbocycles. The molecule has 1 amide bonds. The number of thioether (sulfide) groups is 1. The Hall–Kier alpha value is -2.23. The lowest BCUT2D eigenvalue weighted by Gasteiger charge is -2.26. The second-order valence-electron chi connectivity index (χ2n) is 6.84. The summed E-state index contributed by atoms with van der Waals surface area (Å²) in [6.45, 7) is 1.00. The highest BCUT2D eigenvalue weighted by Crippen LogP contribution is 2.31. The molecule has 0 aliphatic carbocycles. The Labute approximate surface area is 181 Å². The van der Waals surface area contributed by atoms with Gasteiger partial charge in [-0.05, 0) is 55.3 Å². The molecule has 1 aliphatic rings. The summed E-state index contributed by atoms with van der Waals surface area (Å²) in [4.78, 5) is 13.4. The van der Waals surface area contributed by atoms with Gasteiger partial charge in [-0.1, -0.05) is 6.42 Å². The number of hydrogen-bond acceptors (Lipinski definition) is 6. The van der Waals surface area contributed by atoms with Crippen molar-refractivity contribution in [1.29, 1.82) is 0 Å². The second kappa shape index (κ2) is 10.2. The Morgan fingerprint density at radius 2 is 1.73 bits per heavy atom. The van der Waals surface area contributed by atoms with Crippen molar-refractivity contribution in [2.24, 2.45) is 0 Å². The van der Waals surface area contributed by atoms with E-state index in [1.54, 1.807) is 19.2 Å². The maximum absolute atomic E-state index is 13.1. The number of methoxy groups -OCH3 is 2. The molecule has 30 heavy (non-hydrogen) atoms. The number of hydrogen-bond donors (Lipinski definition) is 1. The molecule has 0 unspecified atom stereocenters. The third kappa shape index (κ3) is 5.47. The summed E-state index contributed by atoms with van der Waals surface area (Å²) < 4.78 is 38.1. The van der Waals surface area contributed by atoms with Gasteiger partial charge in [0.25, 0.3) is 0 Å². The summed E-state index contributed by atoms with van der Waals surface area (Å²) in [5.41, 5.74) is 0.423. The predicted octanol–water partition coefficient (Wildman–Crippen LogP) is 3.61. The number of carbonyl (C=O) groups is 1. The van der Waals surface area contributed by atoms with Crippen LogP contribution in [-0.2, 0) is 14.8 Å². The smallest absolute Gasteiger partial charge is 0.246 e. The fourth-order valence-electron chi connectivity index (χ4n) is 3.22. The van der Waals surface area contributed by atoms with Gasteiger partial charge in [0.05, 0.1) is 20.0 Å². The van der Waals surface area contributed by atoms with Crippen LogP contribution < -0.4 is 14.8 Å². The van der Waals surface area contributed by atoms with Gasteiger partial charge in [-0.3, -0.25) is 4.79 Å². The number of nitrogens with one attached hydrogen (secondary N) is 1. The highest BCUT2D eigenvalue weighted by Gasteiger charge is 2.29. The molecule has 0 spiro atoms. The van der Waals surface area contributed by atoms with Crippen LogP contribution in [0.3, 0.4) is 0 Å². The van der Waals surface area contributed by atoms with E-state index in [2.05, 4.69) is 5.32 Å². The lowest BCUT2D eigenvalue weighted by Crippen LogP contribution is -2.35. The van der Waals surface area contributed by atoms with Crippen LogP contribution >= 0.6 is 11.8 Å². The topological polar surface area (TPSA) is 84.9 Å². The van der Waals surface area contributed by atoms with Gasteiger partial charge in [0.1, 0.15) is 16.4 Å². The molecule has 0 aromatic heterocycles. The summed E-state index contributed by atoms with van der Waals surface area (Å²) in [6.07, 6.45) is 2.73. The normalized spacial score (nSPS) is 14.9. The van der Waals surface area contributed by atoms with Crippen molar-refractivity contribution in [1.82, 2.24) is 4.31 Å². The Morgan fingerprint density at radius 3 is 2.37 bits per heavy atom.